The van der Waals surface area contributed by atoms with Crippen LogP contribution in [0.2, 0.25) is 0 Å². The molecule has 0 unspecified atom stereocenters. The topological polar surface area (TPSA) is 65.5 Å². The van der Waals surface area contributed by atoms with Crippen molar-refractivity contribution >= 4 is 35.8 Å². The van der Waals surface area contributed by atoms with Gasteiger partial charge in [-0.25, -0.2) is 0 Å². The fourth-order valence-corrected chi connectivity index (χ4v) is 3.24. The molecule has 0 bridgehead atoms. The van der Waals surface area contributed by atoms with Gasteiger partial charge in [-0.3, -0.25) is 9.79 Å². The van der Waals surface area contributed by atoms with Crippen molar-refractivity contribution in [3.05, 3.63) is 0 Å². The molecule has 2 aliphatic rings. The number of hydrogen-bond acceptors (Lipinski definition) is 2. The highest BCUT2D eigenvalue weighted by molar-refractivity contribution is 14.0. The van der Waals surface area contributed by atoms with Crippen molar-refractivity contribution in [2.45, 2.75) is 58.8 Å². The maximum Gasteiger partial charge on any atom is 0.223 e. The van der Waals surface area contributed by atoms with Gasteiger partial charge in [0.15, 0.2) is 5.96 Å². The van der Waals surface area contributed by atoms with E-state index in [1.54, 1.807) is 0 Å². The van der Waals surface area contributed by atoms with Gasteiger partial charge in [0.05, 0.1) is 0 Å². The summed E-state index contributed by atoms with van der Waals surface area (Å²) in [5.74, 6) is 3.06. The van der Waals surface area contributed by atoms with Crippen molar-refractivity contribution in [2.24, 2.45) is 22.7 Å². The Balaban J connectivity index is 0.00000288. The molecule has 2 aliphatic carbocycles. The lowest BCUT2D eigenvalue weighted by atomic mass is 9.81. The number of carbonyl (C=O) groups excluding carboxylic acids is 1. The van der Waals surface area contributed by atoms with Crippen LogP contribution in [0, 0.1) is 17.8 Å². The van der Waals surface area contributed by atoms with E-state index < -0.39 is 0 Å². The number of carbonyl (C=O) groups is 1. The molecule has 0 aliphatic heterocycles. The number of hydrogen-bond donors (Lipinski definition) is 3. The Kier molecular flexibility index (Phi) is 10.7. The van der Waals surface area contributed by atoms with Crippen molar-refractivity contribution in [1.29, 1.82) is 0 Å². The van der Waals surface area contributed by atoms with Crippen LogP contribution in [0.1, 0.15) is 58.8 Å². The Labute approximate surface area is 164 Å². The van der Waals surface area contributed by atoms with E-state index in [1.165, 1.54) is 32.1 Å². The summed E-state index contributed by atoms with van der Waals surface area (Å²) in [6.07, 6.45) is 8.82. The monoisotopic (exact) mass is 450 g/mol. The molecule has 0 aromatic carbocycles. The second-order valence-corrected chi connectivity index (χ2v) is 7.01. The third-order valence-corrected chi connectivity index (χ3v) is 5.06. The van der Waals surface area contributed by atoms with Gasteiger partial charge in [-0.15, -0.1) is 24.0 Å². The molecule has 24 heavy (non-hydrogen) atoms. The minimum absolute atomic E-state index is 0. The standard InChI is InChI=1S/C18H34N4O.HI/c1-3-14-5-7-15(8-6-14)13-22-18(19-4-2)21-12-11-20-17(23)16-9-10-16;/h14-16H,3-13H2,1-2H3,(H,20,23)(H2,19,21,22);1H. The Bertz CT molecular complexity index is 390. The van der Waals surface area contributed by atoms with Crippen molar-refractivity contribution in [1.82, 2.24) is 16.0 Å². The number of aliphatic imine (C=N–C) groups is 1. The summed E-state index contributed by atoms with van der Waals surface area (Å²) < 4.78 is 0. The summed E-state index contributed by atoms with van der Waals surface area (Å²) in [4.78, 5) is 16.3. The van der Waals surface area contributed by atoms with Crippen LogP contribution in [-0.2, 0) is 4.79 Å². The smallest absolute Gasteiger partial charge is 0.223 e. The summed E-state index contributed by atoms with van der Waals surface area (Å²) in [6.45, 7) is 7.56. The molecule has 0 aromatic heterocycles. The predicted molar refractivity (Wildman–Crippen MR) is 111 cm³/mol. The van der Waals surface area contributed by atoms with Crippen LogP contribution >= 0.6 is 24.0 Å². The fourth-order valence-electron chi connectivity index (χ4n) is 3.24. The minimum Gasteiger partial charge on any atom is -0.357 e. The Morgan fingerprint density at radius 3 is 2.12 bits per heavy atom. The normalized spacial score (nSPS) is 24.0. The first-order valence-corrected chi connectivity index (χ1v) is 9.52. The molecule has 0 radical (unpaired) electrons. The molecule has 140 valence electrons. The number of amides is 1. The molecule has 0 atom stereocenters. The van der Waals surface area contributed by atoms with E-state index in [9.17, 15) is 4.79 Å². The first-order valence-electron chi connectivity index (χ1n) is 9.52. The number of nitrogens with zero attached hydrogens (tertiary/aromatic N) is 1. The summed E-state index contributed by atoms with van der Waals surface area (Å²) in [5.41, 5.74) is 0. The van der Waals surface area contributed by atoms with Gasteiger partial charge < -0.3 is 16.0 Å². The van der Waals surface area contributed by atoms with E-state index in [0.29, 0.717) is 6.54 Å². The molecule has 0 aromatic rings. The van der Waals surface area contributed by atoms with Crippen LogP contribution in [0.3, 0.4) is 0 Å². The zero-order valence-corrected chi connectivity index (χ0v) is 17.6. The van der Waals surface area contributed by atoms with Gasteiger partial charge in [0.2, 0.25) is 5.91 Å². The Morgan fingerprint density at radius 2 is 1.54 bits per heavy atom. The molecule has 1 amide bonds. The number of halogens is 1. The zero-order chi connectivity index (χ0) is 16.5. The van der Waals surface area contributed by atoms with E-state index in [4.69, 9.17) is 4.99 Å². The lowest BCUT2D eigenvalue weighted by Gasteiger charge is -2.26. The first kappa shape index (κ1) is 21.5. The molecule has 3 N–H and O–H groups in total. The highest BCUT2D eigenvalue weighted by Gasteiger charge is 2.29. The van der Waals surface area contributed by atoms with Gasteiger partial charge in [-0.05, 0) is 44.4 Å². The maximum absolute atomic E-state index is 11.6. The molecule has 2 fully saturated rings. The van der Waals surface area contributed by atoms with Gasteiger partial charge in [0.25, 0.3) is 0 Å². The number of nitrogens with one attached hydrogen (secondary N) is 3. The van der Waals surface area contributed by atoms with Gasteiger partial charge in [0, 0.05) is 32.1 Å². The van der Waals surface area contributed by atoms with Crippen LogP contribution in [0.25, 0.3) is 0 Å². The van der Waals surface area contributed by atoms with Gasteiger partial charge in [0.1, 0.15) is 0 Å². The number of rotatable bonds is 8. The second-order valence-electron chi connectivity index (χ2n) is 7.01. The third kappa shape index (κ3) is 8.03. The average molecular weight is 450 g/mol. The molecule has 0 saturated heterocycles. The van der Waals surface area contributed by atoms with Crippen molar-refractivity contribution < 1.29 is 4.79 Å². The highest BCUT2D eigenvalue weighted by atomic mass is 127. The average Bonchev–Trinajstić information content (AvgIpc) is 3.41. The molecule has 5 nitrogen and oxygen atoms in total. The van der Waals surface area contributed by atoms with Crippen molar-refractivity contribution in [2.75, 3.05) is 26.2 Å². The lowest BCUT2D eigenvalue weighted by molar-refractivity contribution is -0.122. The molecule has 2 rings (SSSR count). The van der Waals surface area contributed by atoms with Crippen LogP contribution in [0.4, 0.5) is 0 Å². The summed E-state index contributed by atoms with van der Waals surface area (Å²) in [6, 6.07) is 0. The van der Waals surface area contributed by atoms with E-state index >= 15 is 0 Å². The second kappa shape index (κ2) is 11.9. The van der Waals surface area contributed by atoms with Crippen LogP contribution in [0.5, 0.6) is 0 Å². The van der Waals surface area contributed by atoms with Crippen LogP contribution < -0.4 is 16.0 Å². The Morgan fingerprint density at radius 1 is 0.917 bits per heavy atom. The summed E-state index contributed by atoms with van der Waals surface area (Å²) in [5, 5.41) is 9.59. The third-order valence-electron chi connectivity index (χ3n) is 5.06. The maximum atomic E-state index is 11.6. The highest BCUT2D eigenvalue weighted by Crippen LogP contribution is 2.30. The predicted octanol–water partition coefficient (Wildman–Crippen LogP) is 2.90. The van der Waals surface area contributed by atoms with E-state index in [0.717, 1.165) is 50.3 Å². The van der Waals surface area contributed by atoms with Crippen LogP contribution in [0.15, 0.2) is 4.99 Å². The molecular weight excluding hydrogens is 415 g/mol. The SMILES string of the molecule is CCNC(=NCC1CCC(CC)CC1)NCCNC(=O)C1CC1.I. The Hall–Kier alpha value is -0.530. The first-order chi connectivity index (χ1) is 11.2. The van der Waals surface area contributed by atoms with E-state index in [1.807, 2.05) is 0 Å². The molecule has 0 heterocycles. The number of guanidine groups is 1. The summed E-state index contributed by atoms with van der Waals surface area (Å²) in [7, 11) is 0. The lowest BCUT2D eigenvalue weighted by Crippen LogP contribution is -2.42. The van der Waals surface area contributed by atoms with Gasteiger partial charge in [-0.2, -0.15) is 0 Å². The van der Waals surface area contributed by atoms with E-state index in [2.05, 4.69) is 29.8 Å². The van der Waals surface area contributed by atoms with Crippen molar-refractivity contribution in [3.8, 4) is 0 Å². The summed E-state index contributed by atoms with van der Waals surface area (Å²) >= 11 is 0. The minimum atomic E-state index is 0. The van der Waals surface area contributed by atoms with Gasteiger partial charge in [-0.1, -0.05) is 26.2 Å². The molecule has 0 spiro atoms. The van der Waals surface area contributed by atoms with Gasteiger partial charge >= 0.3 is 0 Å². The van der Waals surface area contributed by atoms with Crippen LogP contribution in [-0.4, -0.2) is 38.0 Å². The quantitative estimate of drug-likeness (QED) is 0.231. The van der Waals surface area contributed by atoms with Crippen molar-refractivity contribution in [3.63, 3.8) is 0 Å². The molecule has 6 heteroatoms. The zero-order valence-electron chi connectivity index (χ0n) is 15.3. The molecular formula is C18H35IN4O. The fraction of sp³-hybridized carbons (Fsp3) is 0.889. The van der Waals surface area contributed by atoms with E-state index in [-0.39, 0.29) is 35.8 Å². The molecule has 2 saturated carbocycles. The largest absolute Gasteiger partial charge is 0.357 e.